The van der Waals surface area contributed by atoms with Crippen molar-refractivity contribution in [2.75, 3.05) is 11.4 Å². The molecule has 0 radical (unpaired) electrons. The molecule has 0 amide bonds. The number of rotatable bonds is 5. The molecule has 1 N–H and O–H groups in total. The van der Waals surface area contributed by atoms with Crippen LogP contribution in [-0.4, -0.2) is 17.6 Å². The van der Waals surface area contributed by atoms with E-state index in [0.29, 0.717) is 0 Å². The lowest BCUT2D eigenvalue weighted by Crippen LogP contribution is -2.32. The molecule has 98 valence electrons. The van der Waals surface area contributed by atoms with Crippen molar-refractivity contribution in [3.63, 3.8) is 0 Å². The molecule has 2 rings (SSSR count). The average molecular weight is 255 g/mol. The molecule has 0 bridgehead atoms. The summed E-state index contributed by atoms with van der Waals surface area (Å²) in [5.41, 5.74) is 2.02. The number of carboxylic acid groups (broad SMARTS) is 1. The number of hydrogen-bond acceptors (Lipinski definition) is 2. The van der Waals surface area contributed by atoms with Crippen LogP contribution in [0.3, 0.4) is 0 Å². The largest absolute Gasteiger partial charge is 0.480 e. The SMILES string of the molecule is CC(c1ccccc1)N(CC(=O)O)c1ccccc1. The van der Waals surface area contributed by atoms with Crippen molar-refractivity contribution in [3.05, 3.63) is 66.2 Å². The van der Waals surface area contributed by atoms with Gasteiger partial charge in [0.25, 0.3) is 0 Å². The maximum atomic E-state index is 11.1. The van der Waals surface area contributed by atoms with E-state index in [4.69, 9.17) is 5.11 Å². The Hall–Kier alpha value is -2.29. The molecular weight excluding hydrogens is 238 g/mol. The highest BCUT2D eigenvalue weighted by Gasteiger charge is 2.18. The van der Waals surface area contributed by atoms with Gasteiger partial charge < -0.3 is 10.0 Å². The second-order valence-corrected chi connectivity index (χ2v) is 4.44. The monoisotopic (exact) mass is 255 g/mol. The summed E-state index contributed by atoms with van der Waals surface area (Å²) in [5.74, 6) is -0.827. The molecule has 0 saturated carbocycles. The van der Waals surface area contributed by atoms with E-state index in [1.165, 1.54) is 0 Å². The van der Waals surface area contributed by atoms with Crippen LogP contribution in [0, 0.1) is 0 Å². The maximum absolute atomic E-state index is 11.1. The summed E-state index contributed by atoms with van der Waals surface area (Å²) in [6.45, 7) is 2.01. The third-order valence-electron chi connectivity index (χ3n) is 3.14. The van der Waals surface area contributed by atoms with E-state index in [1.807, 2.05) is 72.5 Å². The van der Waals surface area contributed by atoms with Crippen molar-refractivity contribution < 1.29 is 9.90 Å². The first kappa shape index (κ1) is 13.1. The van der Waals surface area contributed by atoms with Crippen LogP contribution in [0.15, 0.2) is 60.7 Å². The zero-order valence-corrected chi connectivity index (χ0v) is 10.9. The zero-order chi connectivity index (χ0) is 13.7. The smallest absolute Gasteiger partial charge is 0.323 e. The molecule has 0 heterocycles. The predicted octanol–water partition coefficient (Wildman–Crippen LogP) is 3.34. The van der Waals surface area contributed by atoms with Crippen LogP contribution in [0.1, 0.15) is 18.5 Å². The number of para-hydroxylation sites is 1. The number of aliphatic carboxylic acids is 1. The van der Waals surface area contributed by atoms with E-state index >= 15 is 0 Å². The average Bonchev–Trinajstić information content (AvgIpc) is 2.46. The van der Waals surface area contributed by atoms with Crippen LogP contribution < -0.4 is 4.90 Å². The molecule has 0 saturated heterocycles. The minimum absolute atomic E-state index is 0.0136. The molecule has 0 aliphatic rings. The molecule has 3 heteroatoms. The number of anilines is 1. The topological polar surface area (TPSA) is 40.5 Å². The number of nitrogens with zero attached hydrogens (tertiary/aromatic N) is 1. The van der Waals surface area contributed by atoms with Crippen LogP contribution in [-0.2, 0) is 4.79 Å². The summed E-state index contributed by atoms with van der Waals surface area (Å²) >= 11 is 0. The molecule has 0 aromatic heterocycles. The summed E-state index contributed by atoms with van der Waals surface area (Å²) in [4.78, 5) is 13.0. The Morgan fingerprint density at radius 2 is 1.58 bits per heavy atom. The van der Waals surface area contributed by atoms with Gasteiger partial charge in [-0.15, -0.1) is 0 Å². The fraction of sp³-hybridized carbons (Fsp3) is 0.188. The highest BCUT2D eigenvalue weighted by Crippen LogP contribution is 2.26. The van der Waals surface area contributed by atoms with Gasteiger partial charge in [0.1, 0.15) is 6.54 Å². The minimum atomic E-state index is -0.827. The van der Waals surface area contributed by atoms with Crippen LogP contribution in [0.2, 0.25) is 0 Å². The Labute approximate surface area is 113 Å². The molecule has 19 heavy (non-hydrogen) atoms. The van der Waals surface area contributed by atoms with E-state index in [1.54, 1.807) is 0 Å². The van der Waals surface area contributed by atoms with Crippen molar-refractivity contribution in [1.29, 1.82) is 0 Å². The fourth-order valence-corrected chi connectivity index (χ4v) is 2.13. The van der Waals surface area contributed by atoms with Gasteiger partial charge in [-0.25, -0.2) is 0 Å². The standard InChI is InChI=1S/C16H17NO2/c1-13(14-8-4-2-5-9-14)17(12-16(18)19)15-10-6-3-7-11-15/h2-11,13H,12H2,1H3,(H,18,19). The second kappa shape index (κ2) is 6.05. The van der Waals surface area contributed by atoms with E-state index in [9.17, 15) is 4.79 Å². The lowest BCUT2D eigenvalue weighted by Gasteiger charge is -2.30. The summed E-state index contributed by atoms with van der Waals surface area (Å²) in [7, 11) is 0. The Bertz CT molecular complexity index is 525. The first-order valence-electron chi connectivity index (χ1n) is 6.27. The molecule has 0 spiro atoms. The zero-order valence-electron chi connectivity index (χ0n) is 10.9. The van der Waals surface area contributed by atoms with E-state index in [0.717, 1.165) is 11.3 Å². The first-order valence-corrected chi connectivity index (χ1v) is 6.27. The third kappa shape index (κ3) is 3.35. The van der Waals surface area contributed by atoms with E-state index < -0.39 is 5.97 Å². The number of benzene rings is 2. The van der Waals surface area contributed by atoms with E-state index in [2.05, 4.69) is 0 Å². The molecule has 1 atom stereocenters. The van der Waals surface area contributed by atoms with E-state index in [-0.39, 0.29) is 12.6 Å². The summed E-state index contributed by atoms with van der Waals surface area (Å²) in [6, 6.07) is 19.6. The van der Waals surface area contributed by atoms with Crippen LogP contribution in [0.4, 0.5) is 5.69 Å². The second-order valence-electron chi connectivity index (χ2n) is 4.44. The quantitative estimate of drug-likeness (QED) is 0.890. The predicted molar refractivity (Wildman–Crippen MR) is 76.3 cm³/mol. The number of carboxylic acids is 1. The lowest BCUT2D eigenvalue weighted by atomic mass is 10.1. The highest BCUT2D eigenvalue weighted by molar-refractivity contribution is 5.74. The van der Waals surface area contributed by atoms with Gasteiger partial charge in [0.2, 0.25) is 0 Å². The fourth-order valence-electron chi connectivity index (χ4n) is 2.13. The van der Waals surface area contributed by atoms with Gasteiger partial charge in [0.15, 0.2) is 0 Å². The molecule has 3 nitrogen and oxygen atoms in total. The van der Waals surface area contributed by atoms with Crippen molar-refractivity contribution >= 4 is 11.7 Å². The Balaban J connectivity index is 2.30. The number of hydrogen-bond donors (Lipinski definition) is 1. The molecule has 2 aromatic rings. The molecule has 1 unspecified atom stereocenters. The number of carbonyl (C=O) groups is 1. The van der Waals surface area contributed by atoms with Gasteiger partial charge in [-0.3, -0.25) is 4.79 Å². The molecule has 0 fully saturated rings. The first-order chi connectivity index (χ1) is 9.18. The summed E-state index contributed by atoms with van der Waals surface area (Å²) < 4.78 is 0. The Morgan fingerprint density at radius 3 is 2.11 bits per heavy atom. The molecule has 0 aliphatic carbocycles. The maximum Gasteiger partial charge on any atom is 0.323 e. The van der Waals surface area contributed by atoms with Gasteiger partial charge in [0.05, 0.1) is 6.04 Å². The molecule has 0 aliphatic heterocycles. The van der Waals surface area contributed by atoms with Crippen molar-refractivity contribution in [3.8, 4) is 0 Å². The van der Waals surface area contributed by atoms with Crippen LogP contribution >= 0.6 is 0 Å². The van der Waals surface area contributed by atoms with Gasteiger partial charge in [-0.1, -0.05) is 48.5 Å². The lowest BCUT2D eigenvalue weighted by molar-refractivity contribution is -0.135. The highest BCUT2D eigenvalue weighted by atomic mass is 16.4. The van der Waals surface area contributed by atoms with Gasteiger partial charge in [-0.05, 0) is 24.6 Å². The van der Waals surface area contributed by atoms with Crippen molar-refractivity contribution in [2.24, 2.45) is 0 Å². The normalized spacial score (nSPS) is 11.8. The molecule has 2 aromatic carbocycles. The summed E-state index contributed by atoms with van der Waals surface area (Å²) in [5, 5.41) is 9.10. The molecular formula is C16H17NO2. The Kier molecular flexibility index (Phi) is 4.18. The van der Waals surface area contributed by atoms with Gasteiger partial charge in [0, 0.05) is 5.69 Å². The van der Waals surface area contributed by atoms with Crippen molar-refractivity contribution in [1.82, 2.24) is 0 Å². The van der Waals surface area contributed by atoms with Gasteiger partial charge >= 0.3 is 5.97 Å². The minimum Gasteiger partial charge on any atom is -0.480 e. The van der Waals surface area contributed by atoms with Gasteiger partial charge in [-0.2, -0.15) is 0 Å². The summed E-state index contributed by atoms with van der Waals surface area (Å²) in [6.07, 6.45) is 0. The Morgan fingerprint density at radius 1 is 1.05 bits per heavy atom. The van der Waals surface area contributed by atoms with Crippen LogP contribution in [0.25, 0.3) is 0 Å². The van der Waals surface area contributed by atoms with Crippen LogP contribution in [0.5, 0.6) is 0 Å². The third-order valence-corrected chi connectivity index (χ3v) is 3.14. The van der Waals surface area contributed by atoms with Crippen molar-refractivity contribution in [2.45, 2.75) is 13.0 Å².